The monoisotopic (exact) mass is 263 g/mol. The Hall–Kier alpha value is -0.990. The Morgan fingerprint density at radius 1 is 1.12 bits per heavy atom. The van der Waals surface area contributed by atoms with Crippen molar-refractivity contribution >= 4 is 23.4 Å². The Morgan fingerprint density at radius 3 is 2.47 bits per heavy atom. The van der Waals surface area contributed by atoms with Gasteiger partial charge >= 0.3 is 0 Å². The molecule has 0 bridgehead atoms. The van der Waals surface area contributed by atoms with Crippen molar-refractivity contribution in [3.05, 3.63) is 58.2 Å². The predicted molar refractivity (Wildman–Crippen MR) is 74.7 cm³/mol. The van der Waals surface area contributed by atoms with Gasteiger partial charge in [0.15, 0.2) is 0 Å². The minimum Gasteiger partial charge on any atom is -0.230 e. The lowest BCUT2D eigenvalue weighted by Gasteiger charge is -2.04. The summed E-state index contributed by atoms with van der Waals surface area (Å²) in [5.74, 6) is 0.926. The molecule has 0 radical (unpaired) electrons. The first-order chi connectivity index (χ1) is 8.13. The molecule has 1 aromatic heterocycles. The number of aryl methyl sites for hydroxylation is 2. The van der Waals surface area contributed by atoms with E-state index in [4.69, 9.17) is 11.6 Å². The molecule has 0 fully saturated rings. The number of nitrogens with zero attached hydrogens (tertiary/aromatic N) is 1. The van der Waals surface area contributed by atoms with Crippen LogP contribution in [0.3, 0.4) is 0 Å². The molecule has 0 aliphatic rings. The quantitative estimate of drug-likeness (QED) is 0.591. The van der Waals surface area contributed by atoms with Gasteiger partial charge < -0.3 is 0 Å². The van der Waals surface area contributed by atoms with E-state index < -0.39 is 0 Å². The number of rotatable bonds is 3. The molecule has 2 aromatic rings. The number of hydrogen-bond donors (Lipinski definition) is 0. The molecule has 17 heavy (non-hydrogen) atoms. The third-order valence-electron chi connectivity index (χ3n) is 2.36. The van der Waals surface area contributed by atoms with Gasteiger partial charge in [-0.2, -0.15) is 0 Å². The molecule has 0 aliphatic carbocycles. The molecular weight excluding hydrogens is 250 g/mol. The second-order valence-electron chi connectivity index (χ2n) is 4.08. The molecule has 1 heterocycles. The maximum atomic E-state index is 5.85. The van der Waals surface area contributed by atoms with Crippen molar-refractivity contribution in [2.45, 2.75) is 24.6 Å². The van der Waals surface area contributed by atoms with Crippen LogP contribution in [0.1, 0.15) is 16.7 Å². The highest BCUT2D eigenvalue weighted by atomic mass is 35.5. The van der Waals surface area contributed by atoms with Crippen molar-refractivity contribution in [2.75, 3.05) is 0 Å². The summed E-state index contributed by atoms with van der Waals surface area (Å²) in [4.78, 5) is 4.26. The van der Waals surface area contributed by atoms with Crippen LogP contribution >= 0.6 is 23.4 Å². The molecule has 0 saturated carbocycles. The first kappa shape index (κ1) is 12.5. The Labute approximate surface area is 111 Å². The average Bonchev–Trinajstić information content (AvgIpc) is 2.25. The lowest BCUT2D eigenvalue weighted by Crippen LogP contribution is -1.86. The van der Waals surface area contributed by atoms with E-state index in [-0.39, 0.29) is 0 Å². The van der Waals surface area contributed by atoms with Gasteiger partial charge in [-0.3, -0.25) is 0 Å². The maximum absolute atomic E-state index is 5.85. The normalized spacial score (nSPS) is 10.5. The van der Waals surface area contributed by atoms with Crippen molar-refractivity contribution in [3.63, 3.8) is 0 Å². The molecule has 1 nitrogen and oxygen atoms in total. The third kappa shape index (κ3) is 3.76. The number of aromatic nitrogens is 1. The molecule has 0 amide bonds. The smallest absolute Gasteiger partial charge is 0.130 e. The molecule has 0 unspecified atom stereocenters. The first-order valence-corrected chi connectivity index (χ1v) is 6.82. The van der Waals surface area contributed by atoms with Crippen LogP contribution in [0.5, 0.6) is 0 Å². The number of benzene rings is 1. The average molecular weight is 264 g/mol. The highest BCUT2D eigenvalue weighted by molar-refractivity contribution is 7.98. The molecule has 2 rings (SSSR count). The van der Waals surface area contributed by atoms with Crippen molar-refractivity contribution in [1.82, 2.24) is 4.98 Å². The highest BCUT2D eigenvalue weighted by Gasteiger charge is 2.00. The fourth-order valence-electron chi connectivity index (χ4n) is 1.78. The van der Waals surface area contributed by atoms with Gasteiger partial charge in [0.25, 0.3) is 0 Å². The predicted octanol–water partition coefficient (Wildman–Crippen LogP) is 4.64. The molecule has 3 heteroatoms. The van der Waals surface area contributed by atoms with Crippen molar-refractivity contribution in [1.29, 1.82) is 0 Å². The zero-order valence-corrected chi connectivity index (χ0v) is 11.5. The van der Waals surface area contributed by atoms with Gasteiger partial charge in [0.1, 0.15) is 5.15 Å². The zero-order valence-electron chi connectivity index (χ0n) is 9.90. The summed E-state index contributed by atoms with van der Waals surface area (Å²) in [6.07, 6.45) is 0. The summed E-state index contributed by atoms with van der Waals surface area (Å²) in [5.41, 5.74) is 3.94. The minimum absolute atomic E-state index is 0.551. The molecule has 0 spiro atoms. The lowest BCUT2D eigenvalue weighted by molar-refractivity contribution is 1.13. The molecule has 1 aromatic carbocycles. The van der Waals surface area contributed by atoms with Crippen LogP contribution in [0.4, 0.5) is 0 Å². The number of halogens is 1. The van der Waals surface area contributed by atoms with E-state index in [0.717, 1.165) is 10.8 Å². The van der Waals surface area contributed by atoms with Crippen LogP contribution in [0.25, 0.3) is 0 Å². The molecule has 0 saturated heterocycles. The second-order valence-corrected chi connectivity index (χ2v) is 5.47. The Balaban J connectivity index is 2.07. The van der Waals surface area contributed by atoms with Crippen LogP contribution in [0.2, 0.25) is 5.15 Å². The van der Waals surface area contributed by atoms with Gasteiger partial charge in [-0.25, -0.2) is 4.98 Å². The Morgan fingerprint density at radius 2 is 1.82 bits per heavy atom. The van der Waals surface area contributed by atoms with Gasteiger partial charge in [0.05, 0.1) is 5.03 Å². The number of pyridine rings is 1. The molecular formula is C14H14ClNS. The fourth-order valence-corrected chi connectivity index (χ4v) is 2.81. The van der Waals surface area contributed by atoms with E-state index in [2.05, 4.69) is 37.0 Å². The van der Waals surface area contributed by atoms with Gasteiger partial charge in [0, 0.05) is 5.75 Å². The van der Waals surface area contributed by atoms with E-state index in [1.807, 2.05) is 12.1 Å². The zero-order chi connectivity index (χ0) is 12.3. The van der Waals surface area contributed by atoms with Gasteiger partial charge in [-0.1, -0.05) is 47.0 Å². The molecule has 88 valence electrons. The topological polar surface area (TPSA) is 12.9 Å². The Bertz CT molecular complexity index is 505. The third-order valence-corrected chi connectivity index (χ3v) is 3.57. The second kappa shape index (κ2) is 5.56. The van der Waals surface area contributed by atoms with Gasteiger partial charge in [0.2, 0.25) is 0 Å². The lowest BCUT2D eigenvalue weighted by atomic mass is 10.1. The van der Waals surface area contributed by atoms with Crippen LogP contribution in [0, 0.1) is 13.8 Å². The summed E-state index contributed by atoms with van der Waals surface area (Å²) in [7, 11) is 0. The van der Waals surface area contributed by atoms with Crippen LogP contribution in [-0.2, 0) is 5.75 Å². The van der Waals surface area contributed by atoms with Crippen LogP contribution in [0.15, 0.2) is 41.4 Å². The van der Waals surface area contributed by atoms with E-state index in [9.17, 15) is 0 Å². The van der Waals surface area contributed by atoms with Gasteiger partial charge in [-0.05, 0) is 31.5 Å². The standard InChI is InChI=1S/C14H14ClNS/c1-10-6-11(2)8-12(7-10)9-17-14-5-3-4-13(15)16-14/h3-8H,9H2,1-2H3. The minimum atomic E-state index is 0.551. The van der Waals surface area contributed by atoms with Crippen molar-refractivity contribution < 1.29 is 0 Å². The van der Waals surface area contributed by atoms with E-state index in [1.165, 1.54) is 16.7 Å². The van der Waals surface area contributed by atoms with Crippen LogP contribution in [-0.4, -0.2) is 4.98 Å². The van der Waals surface area contributed by atoms with E-state index in [1.54, 1.807) is 17.8 Å². The molecule has 0 N–H and O–H groups in total. The summed E-state index contributed by atoms with van der Waals surface area (Å²) in [5, 5.41) is 1.52. The first-order valence-electron chi connectivity index (χ1n) is 5.46. The summed E-state index contributed by atoms with van der Waals surface area (Å²) in [6, 6.07) is 12.3. The summed E-state index contributed by atoms with van der Waals surface area (Å²) in [6.45, 7) is 4.25. The maximum Gasteiger partial charge on any atom is 0.130 e. The van der Waals surface area contributed by atoms with Crippen LogP contribution < -0.4 is 0 Å². The highest BCUT2D eigenvalue weighted by Crippen LogP contribution is 2.23. The summed E-state index contributed by atoms with van der Waals surface area (Å²) < 4.78 is 0. The van der Waals surface area contributed by atoms with E-state index >= 15 is 0 Å². The van der Waals surface area contributed by atoms with Crippen molar-refractivity contribution in [2.24, 2.45) is 0 Å². The SMILES string of the molecule is Cc1cc(C)cc(CSc2cccc(Cl)n2)c1. The number of thioether (sulfide) groups is 1. The number of hydrogen-bond acceptors (Lipinski definition) is 2. The Kier molecular flexibility index (Phi) is 4.08. The molecule has 0 atom stereocenters. The fraction of sp³-hybridized carbons (Fsp3) is 0.214. The van der Waals surface area contributed by atoms with Gasteiger partial charge in [-0.15, -0.1) is 11.8 Å². The van der Waals surface area contributed by atoms with Crippen molar-refractivity contribution in [3.8, 4) is 0 Å². The molecule has 0 aliphatic heterocycles. The van der Waals surface area contributed by atoms with E-state index in [0.29, 0.717) is 5.15 Å². The summed E-state index contributed by atoms with van der Waals surface area (Å²) >= 11 is 7.56. The largest absolute Gasteiger partial charge is 0.230 e.